The van der Waals surface area contributed by atoms with Crippen LogP contribution in [0, 0.1) is 15.9 Å². The monoisotopic (exact) mass is 628 g/mol. The first-order valence-corrected chi connectivity index (χ1v) is 11.2. The van der Waals surface area contributed by atoms with E-state index in [1.165, 1.54) is 24.3 Å². The minimum Gasteiger partial charge on any atom is -0.421 e. The number of nitrogens with zero attached hydrogens (tertiary/aromatic N) is 1. The van der Waals surface area contributed by atoms with E-state index in [0.29, 0.717) is 14.5 Å². The van der Waals surface area contributed by atoms with Crippen molar-refractivity contribution in [3.63, 3.8) is 0 Å². The Balaban J connectivity index is 1.87. The molecule has 1 amide bonds. The van der Waals surface area contributed by atoms with Crippen LogP contribution in [0.25, 0.3) is 0 Å². The number of esters is 1. The highest BCUT2D eigenvalue weighted by Crippen LogP contribution is 2.35. The number of anilines is 1. The highest BCUT2D eigenvalue weighted by molar-refractivity contribution is 9.11. The molecule has 3 aromatic carbocycles. The normalized spacial score (nSPS) is 10.5. The summed E-state index contributed by atoms with van der Waals surface area (Å²) in [6.45, 7) is 0. The molecule has 3 rings (SSSR count). The fraction of sp³-hybridized carbons (Fsp3) is 0.0476. The molecule has 0 radical (unpaired) electrons. The predicted octanol–water partition coefficient (Wildman–Crippen LogP) is 6.42. The summed E-state index contributed by atoms with van der Waals surface area (Å²) in [4.78, 5) is 35.8. The standard InChI is InChI=1S/C21H12Br3FN2O5/c22-12-7-11(8-19(28)26-17-3-1-2-4-18(17)27(30)31)20(16(24)9-12)32-21(29)14-6-5-13(25)10-15(14)23/h1-7,9-10H,8H2,(H,26,28). The molecule has 0 aromatic heterocycles. The van der Waals surface area contributed by atoms with Crippen LogP contribution in [0.3, 0.4) is 0 Å². The maximum absolute atomic E-state index is 13.3. The van der Waals surface area contributed by atoms with Crippen molar-refractivity contribution < 1.29 is 23.6 Å². The second-order valence-corrected chi connectivity index (χ2v) is 9.01. The van der Waals surface area contributed by atoms with Crippen LogP contribution in [-0.2, 0) is 11.2 Å². The Bertz CT molecular complexity index is 1240. The van der Waals surface area contributed by atoms with Crippen molar-refractivity contribution in [1.29, 1.82) is 0 Å². The molecule has 0 fully saturated rings. The second kappa shape index (κ2) is 10.3. The Morgan fingerprint density at radius 2 is 1.75 bits per heavy atom. The quantitative estimate of drug-likeness (QED) is 0.147. The van der Waals surface area contributed by atoms with E-state index in [-0.39, 0.29) is 33.6 Å². The first-order valence-electron chi connectivity index (χ1n) is 8.84. The van der Waals surface area contributed by atoms with Gasteiger partial charge in [0.2, 0.25) is 5.91 Å². The van der Waals surface area contributed by atoms with Crippen LogP contribution in [0.2, 0.25) is 0 Å². The Labute approximate surface area is 206 Å². The molecule has 7 nitrogen and oxygen atoms in total. The van der Waals surface area contributed by atoms with Crippen LogP contribution >= 0.6 is 47.8 Å². The first kappa shape index (κ1) is 24.0. The van der Waals surface area contributed by atoms with Gasteiger partial charge in [0, 0.05) is 20.6 Å². The van der Waals surface area contributed by atoms with Gasteiger partial charge in [-0.05, 0) is 68.3 Å². The Kier molecular flexibility index (Phi) is 7.75. The minimum atomic E-state index is -0.764. The molecule has 0 aliphatic carbocycles. The van der Waals surface area contributed by atoms with Gasteiger partial charge < -0.3 is 10.1 Å². The lowest BCUT2D eigenvalue weighted by Gasteiger charge is -2.14. The molecular formula is C21H12Br3FN2O5. The number of hydrogen-bond acceptors (Lipinski definition) is 5. The number of benzene rings is 3. The molecule has 0 bridgehead atoms. The smallest absolute Gasteiger partial charge is 0.344 e. The average Bonchev–Trinajstić information content (AvgIpc) is 2.70. The number of amides is 1. The van der Waals surface area contributed by atoms with Crippen LogP contribution in [0.1, 0.15) is 15.9 Å². The van der Waals surface area contributed by atoms with E-state index in [0.717, 1.165) is 12.1 Å². The molecule has 0 saturated heterocycles. The molecule has 1 N–H and O–H groups in total. The molecule has 32 heavy (non-hydrogen) atoms. The Hall–Kier alpha value is -2.63. The summed E-state index contributed by atoms with van der Waals surface area (Å²) in [7, 11) is 0. The first-order chi connectivity index (χ1) is 15.2. The zero-order valence-electron chi connectivity index (χ0n) is 15.9. The van der Waals surface area contributed by atoms with E-state index in [4.69, 9.17) is 4.74 Å². The van der Waals surface area contributed by atoms with Gasteiger partial charge in [0.15, 0.2) is 0 Å². The number of halogens is 4. The molecule has 0 aliphatic rings. The number of nitro benzene ring substituents is 1. The van der Waals surface area contributed by atoms with Gasteiger partial charge in [-0.1, -0.05) is 28.1 Å². The van der Waals surface area contributed by atoms with Crippen molar-refractivity contribution in [2.75, 3.05) is 5.32 Å². The third-order valence-electron chi connectivity index (χ3n) is 4.16. The highest BCUT2D eigenvalue weighted by Gasteiger charge is 2.21. The molecule has 3 aromatic rings. The van der Waals surface area contributed by atoms with Crippen LogP contribution in [0.5, 0.6) is 5.75 Å². The fourth-order valence-corrected chi connectivity index (χ4v) is 4.68. The zero-order valence-corrected chi connectivity index (χ0v) is 20.7. The Morgan fingerprint density at radius 3 is 2.44 bits per heavy atom. The average molecular weight is 631 g/mol. The molecule has 0 unspecified atom stereocenters. The van der Waals surface area contributed by atoms with Gasteiger partial charge >= 0.3 is 5.97 Å². The number of ether oxygens (including phenoxy) is 1. The molecule has 164 valence electrons. The van der Waals surface area contributed by atoms with Crippen molar-refractivity contribution in [3.8, 4) is 5.75 Å². The number of rotatable bonds is 6. The van der Waals surface area contributed by atoms with Gasteiger partial charge in [0.05, 0.1) is 21.4 Å². The summed E-state index contributed by atoms with van der Waals surface area (Å²) in [6.07, 6.45) is -0.239. The van der Waals surface area contributed by atoms with Crippen LogP contribution < -0.4 is 10.1 Å². The maximum atomic E-state index is 13.3. The third kappa shape index (κ3) is 5.78. The summed E-state index contributed by atoms with van der Waals surface area (Å²) in [5.41, 5.74) is 0.236. The van der Waals surface area contributed by atoms with E-state index in [1.807, 2.05) is 0 Å². The number of carbonyl (C=O) groups excluding carboxylic acids is 2. The lowest BCUT2D eigenvalue weighted by molar-refractivity contribution is -0.383. The molecule has 0 heterocycles. The van der Waals surface area contributed by atoms with Gasteiger partial charge in [0.1, 0.15) is 17.3 Å². The van der Waals surface area contributed by atoms with Crippen molar-refractivity contribution in [2.24, 2.45) is 0 Å². The van der Waals surface area contributed by atoms with Crippen molar-refractivity contribution in [2.45, 2.75) is 6.42 Å². The van der Waals surface area contributed by atoms with Gasteiger partial charge in [-0.2, -0.15) is 0 Å². The van der Waals surface area contributed by atoms with E-state index in [1.54, 1.807) is 18.2 Å². The summed E-state index contributed by atoms with van der Waals surface area (Å²) < 4.78 is 20.1. The number of hydrogen-bond donors (Lipinski definition) is 1. The summed E-state index contributed by atoms with van der Waals surface area (Å²) in [6, 6.07) is 12.5. The third-order valence-corrected chi connectivity index (χ3v) is 5.86. The zero-order chi connectivity index (χ0) is 23.4. The number of carbonyl (C=O) groups is 2. The second-order valence-electron chi connectivity index (χ2n) is 6.39. The maximum Gasteiger partial charge on any atom is 0.344 e. The summed E-state index contributed by atoms with van der Waals surface area (Å²) in [5, 5.41) is 13.7. The summed E-state index contributed by atoms with van der Waals surface area (Å²) in [5.74, 6) is -1.75. The highest BCUT2D eigenvalue weighted by atomic mass is 79.9. The van der Waals surface area contributed by atoms with Crippen LogP contribution in [-0.4, -0.2) is 16.8 Å². The molecule has 11 heteroatoms. The number of nitro groups is 1. The predicted molar refractivity (Wildman–Crippen MR) is 126 cm³/mol. The van der Waals surface area contributed by atoms with Crippen LogP contribution in [0.15, 0.2) is 68.0 Å². The molecular weight excluding hydrogens is 619 g/mol. The lowest BCUT2D eigenvalue weighted by Crippen LogP contribution is -2.17. The van der Waals surface area contributed by atoms with Crippen molar-refractivity contribution >= 4 is 71.0 Å². The number of nitrogens with one attached hydrogen (secondary N) is 1. The van der Waals surface area contributed by atoms with E-state index >= 15 is 0 Å². The van der Waals surface area contributed by atoms with Gasteiger partial charge in [-0.3, -0.25) is 14.9 Å². The Morgan fingerprint density at radius 1 is 1.03 bits per heavy atom. The van der Waals surface area contributed by atoms with Gasteiger partial charge in [-0.15, -0.1) is 0 Å². The SMILES string of the molecule is O=C(Cc1cc(Br)cc(Br)c1OC(=O)c1ccc(F)cc1Br)Nc1ccccc1[N+](=O)[O-]. The fourth-order valence-electron chi connectivity index (χ4n) is 2.77. The lowest BCUT2D eigenvalue weighted by atomic mass is 10.1. The van der Waals surface area contributed by atoms with Gasteiger partial charge in [-0.25, -0.2) is 9.18 Å². The minimum absolute atomic E-state index is 0.0466. The van der Waals surface area contributed by atoms with E-state index in [2.05, 4.69) is 53.1 Å². The molecule has 0 atom stereocenters. The number of para-hydroxylation sites is 2. The van der Waals surface area contributed by atoms with Crippen molar-refractivity contribution in [1.82, 2.24) is 0 Å². The van der Waals surface area contributed by atoms with Crippen LogP contribution in [0.4, 0.5) is 15.8 Å². The van der Waals surface area contributed by atoms with E-state index < -0.39 is 22.6 Å². The topological polar surface area (TPSA) is 98.5 Å². The molecule has 0 aliphatic heterocycles. The molecule has 0 saturated carbocycles. The largest absolute Gasteiger partial charge is 0.421 e. The molecule has 0 spiro atoms. The summed E-state index contributed by atoms with van der Waals surface area (Å²) >= 11 is 9.77. The van der Waals surface area contributed by atoms with E-state index in [9.17, 15) is 24.1 Å². The van der Waals surface area contributed by atoms with Crippen molar-refractivity contribution in [3.05, 3.63) is 95.1 Å². The van der Waals surface area contributed by atoms with Gasteiger partial charge in [0.25, 0.3) is 5.69 Å².